The number of hydrogen-bond donors (Lipinski definition) is 2. The molecule has 3 aromatic rings. The number of rotatable bonds is 5. The van der Waals surface area contributed by atoms with Gasteiger partial charge in [0.15, 0.2) is 0 Å². The summed E-state index contributed by atoms with van der Waals surface area (Å²) in [6, 6.07) is 8.95. The highest BCUT2D eigenvalue weighted by atomic mass is 32.1. The maximum absolute atomic E-state index is 12.7. The number of nitrogens with zero attached hydrogens (tertiary/aromatic N) is 1. The van der Waals surface area contributed by atoms with Crippen molar-refractivity contribution < 1.29 is 4.79 Å². The van der Waals surface area contributed by atoms with Crippen molar-refractivity contribution in [1.29, 1.82) is 0 Å². The van der Waals surface area contributed by atoms with E-state index in [4.69, 9.17) is 0 Å². The fourth-order valence-corrected chi connectivity index (χ4v) is 5.58. The van der Waals surface area contributed by atoms with Gasteiger partial charge in [-0.25, -0.2) is 0 Å². The normalized spacial score (nSPS) is 20.4. The summed E-state index contributed by atoms with van der Waals surface area (Å²) in [5, 5.41) is 4.63. The number of amides is 1. The van der Waals surface area contributed by atoms with Crippen LogP contribution >= 0.6 is 11.3 Å². The first-order valence-electron chi connectivity index (χ1n) is 10.5. The monoisotopic (exact) mass is 411 g/mol. The molecule has 2 atom stereocenters. The number of carbonyl (C=O) groups excluding carboxylic acids is 1. The lowest BCUT2D eigenvalue weighted by Gasteiger charge is -2.39. The van der Waals surface area contributed by atoms with Crippen molar-refractivity contribution in [1.82, 2.24) is 15.2 Å². The lowest BCUT2D eigenvalue weighted by molar-refractivity contribution is 0.0929. The minimum absolute atomic E-state index is 0.0915. The van der Waals surface area contributed by atoms with Crippen LogP contribution in [0.5, 0.6) is 0 Å². The minimum Gasteiger partial charge on any atom is -0.351 e. The van der Waals surface area contributed by atoms with Crippen LogP contribution in [0.25, 0.3) is 21.0 Å². The quantitative estimate of drug-likeness (QED) is 0.610. The van der Waals surface area contributed by atoms with E-state index in [0.29, 0.717) is 28.9 Å². The summed E-state index contributed by atoms with van der Waals surface area (Å²) in [4.78, 5) is 31.2. The number of nitrogens with one attached hydrogen (secondary N) is 2. The summed E-state index contributed by atoms with van der Waals surface area (Å²) in [6.45, 7) is 8.30. The van der Waals surface area contributed by atoms with E-state index < -0.39 is 0 Å². The van der Waals surface area contributed by atoms with E-state index in [-0.39, 0.29) is 11.5 Å². The van der Waals surface area contributed by atoms with Crippen molar-refractivity contribution in [3.8, 4) is 0 Å². The second kappa shape index (κ2) is 8.28. The number of aromatic amines is 1. The highest BCUT2D eigenvalue weighted by Crippen LogP contribution is 2.30. The molecule has 1 aromatic carbocycles. The van der Waals surface area contributed by atoms with Crippen LogP contribution in [0.4, 0.5) is 0 Å². The summed E-state index contributed by atoms with van der Waals surface area (Å²) < 4.78 is 0.883. The van der Waals surface area contributed by atoms with Crippen LogP contribution in [0.2, 0.25) is 0 Å². The Morgan fingerprint density at radius 3 is 2.72 bits per heavy atom. The van der Waals surface area contributed by atoms with Crippen LogP contribution in [-0.2, 0) is 0 Å². The second-order valence-corrected chi connectivity index (χ2v) is 9.39. The summed E-state index contributed by atoms with van der Waals surface area (Å²) in [7, 11) is 0. The molecule has 1 aliphatic rings. The van der Waals surface area contributed by atoms with E-state index in [2.05, 4.69) is 35.1 Å². The van der Waals surface area contributed by atoms with Gasteiger partial charge in [0.1, 0.15) is 0 Å². The summed E-state index contributed by atoms with van der Waals surface area (Å²) in [6.07, 6.45) is 4.78. The van der Waals surface area contributed by atoms with E-state index in [1.807, 2.05) is 19.1 Å². The zero-order chi connectivity index (χ0) is 20.5. The topological polar surface area (TPSA) is 65.2 Å². The van der Waals surface area contributed by atoms with Gasteiger partial charge in [-0.05, 0) is 58.2 Å². The van der Waals surface area contributed by atoms with Crippen molar-refractivity contribution in [3.05, 3.63) is 45.1 Å². The van der Waals surface area contributed by atoms with Crippen molar-refractivity contribution >= 4 is 38.2 Å². The SMILES string of the molecule is Cc1ccc2[nH]c(=O)c3cc(C(=O)NCCCN4C(C)CCCC4C)sc3c2c1. The highest BCUT2D eigenvalue weighted by Gasteiger charge is 2.23. The Labute approximate surface area is 175 Å². The Hall–Kier alpha value is -2.18. The van der Waals surface area contributed by atoms with Gasteiger partial charge in [-0.2, -0.15) is 0 Å². The average molecular weight is 412 g/mol. The second-order valence-electron chi connectivity index (χ2n) is 8.33. The molecular weight excluding hydrogens is 382 g/mol. The Bertz CT molecular complexity index is 1090. The van der Waals surface area contributed by atoms with Gasteiger partial charge in [0.25, 0.3) is 11.5 Å². The van der Waals surface area contributed by atoms with E-state index in [1.54, 1.807) is 6.07 Å². The molecule has 2 unspecified atom stereocenters. The number of thiophene rings is 1. The van der Waals surface area contributed by atoms with E-state index in [0.717, 1.165) is 34.1 Å². The van der Waals surface area contributed by atoms with Gasteiger partial charge in [0.05, 0.1) is 10.3 Å². The molecule has 29 heavy (non-hydrogen) atoms. The number of hydrogen-bond acceptors (Lipinski definition) is 4. The molecule has 0 aliphatic carbocycles. The molecule has 4 rings (SSSR count). The number of aryl methyl sites for hydroxylation is 1. The molecule has 0 bridgehead atoms. The van der Waals surface area contributed by atoms with E-state index in [9.17, 15) is 9.59 Å². The standard InChI is InChI=1S/C23H29N3O2S/c1-14-8-9-19-17(12-14)21-18(22(27)25-19)13-20(29-21)23(28)24-10-5-11-26-15(2)6-4-7-16(26)3/h8-9,12-13,15-16H,4-7,10-11H2,1-3H3,(H,24,28)(H,25,27). The molecule has 5 nitrogen and oxygen atoms in total. The van der Waals surface area contributed by atoms with Crippen LogP contribution < -0.4 is 10.9 Å². The summed E-state index contributed by atoms with van der Waals surface area (Å²) >= 11 is 1.40. The van der Waals surface area contributed by atoms with Gasteiger partial charge in [-0.3, -0.25) is 14.5 Å². The number of benzene rings is 1. The Balaban J connectivity index is 1.45. The third kappa shape index (κ3) is 4.09. The van der Waals surface area contributed by atoms with Crippen LogP contribution in [0, 0.1) is 6.92 Å². The van der Waals surface area contributed by atoms with Gasteiger partial charge >= 0.3 is 0 Å². The molecule has 3 heterocycles. The number of piperidine rings is 1. The molecule has 0 saturated carbocycles. The van der Waals surface area contributed by atoms with Gasteiger partial charge in [0, 0.05) is 40.8 Å². The number of pyridine rings is 1. The van der Waals surface area contributed by atoms with Gasteiger partial charge in [0.2, 0.25) is 0 Å². The molecule has 1 amide bonds. The molecule has 1 aliphatic heterocycles. The fraction of sp³-hybridized carbons (Fsp3) is 0.478. The maximum atomic E-state index is 12.7. The van der Waals surface area contributed by atoms with Gasteiger partial charge < -0.3 is 10.3 Å². The molecule has 0 radical (unpaired) electrons. The number of aromatic nitrogens is 1. The molecule has 2 N–H and O–H groups in total. The number of carbonyl (C=O) groups is 1. The summed E-state index contributed by atoms with van der Waals surface area (Å²) in [5.41, 5.74) is 1.80. The average Bonchev–Trinajstić information content (AvgIpc) is 3.14. The smallest absolute Gasteiger partial charge is 0.261 e. The number of fused-ring (bicyclic) bond motifs is 3. The fourth-order valence-electron chi connectivity index (χ4n) is 4.48. The Kier molecular flexibility index (Phi) is 5.74. The molecule has 6 heteroatoms. The number of H-pyrrole nitrogens is 1. The number of likely N-dealkylation sites (tertiary alicyclic amines) is 1. The molecule has 154 valence electrons. The van der Waals surface area contributed by atoms with Crippen molar-refractivity contribution in [3.63, 3.8) is 0 Å². The van der Waals surface area contributed by atoms with Crippen LogP contribution in [-0.4, -0.2) is 41.0 Å². The first kappa shape index (κ1) is 20.1. The van der Waals surface area contributed by atoms with Crippen LogP contribution in [0.3, 0.4) is 0 Å². The molecule has 0 spiro atoms. The third-order valence-electron chi connectivity index (χ3n) is 6.12. The predicted molar refractivity (Wildman–Crippen MR) is 121 cm³/mol. The Morgan fingerprint density at radius 1 is 1.21 bits per heavy atom. The lowest BCUT2D eigenvalue weighted by atomic mass is 9.97. The molecule has 1 saturated heterocycles. The zero-order valence-corrected chi connectivity index (χ0v) is 18.2. The lowest BCUT2D eigenvalue weighted by Crippen LogP contribution is -2.44. The van der Waals surface area contributed by atoms with Crippen LogP contribution in [0.15, 0.2) is 29.1 Å². The first-order valence-corrected chi connectivity index (χ1v) is 11.4. The highest BCUT2D eigenvalue weighted by molar-refractivity contribution is 7.21. The predicted octanol–water partition coefficient (Wildman–Crippen LogP) is 4.43. The largest absolute Gasteiger partial charge is 0.351 e. The van der Waals surface area contributed by atoms with Gasteiger partial charge in [-0.15, -0.1) is 11.3 Å². The van der Waals surface area contributed by atoms with Gasteiger partial charge in [-0.1, -0.05) is 18.1 Å². The summed E-state index contributed by atoms with van der Waals surface area (Å²) in [5.74, 6) is -0.0915. The first-order chi connectivity index (χ1) is 13.9. The third-order valence-corrected chi connectivity index (χ3v) is 7.29. The van der Waals surface area contributed by atoms with Crippen molar-refractivity contribution in [2.24, 2.45) is 0 Å². The zero-order valence-electron chi connectivity index (χ0n) is 17.4. The maximum Gasteiger partial charge on any atom is 0.261 e. The Morgan fingerprint density at radius 2 is 1.97 bits per heavy atom. The minimum atomic E-state index is -0.139. The molecular formula is C23H29N3O2S. The molecule has 2 aromatic heterocycles. The van der Waals surface area contributed by atoms with E-state index in [1.165, 1.54) is 30.6 Å². The van der Waals surface area contributed by atoms with Crippen molar-refractivity contribution in [2.75, 3.05) is 13.1 Å². The van der Waals surface area contributed by atoms with Crippen molar-refractivity contribution in [2.45, 2.75) is 58.5 Å². The van der Waals surface area contributed by atoms with E-state index >= 15 is 0 Å². The molecule has 1 fully saturated rings. The van der Waals surface area contributed by atoms with Crippen LogP contribution in [0.1, 0.15) is 54.8 Å².